The van der Waals surface area contributed by atoms with Crippen LogP contribution in [0.4, 0.5) is 9.80 Å². The number of anilines is 1. The molecule has 0 fully saturated rings. The third kappa shape index (κ3) is 4.05. The summed E-state index contributed by atoms with van der Waals surface area (Å²) in [7, 11) is 0. The molecule has 9 nitrogen and oxygen atoms in total. The van der Waals surface area contributed by atoms with E-state index in [1.165, 1.54) is 23.7 Å². The molecule has 1 atom stereocenters. The summed E-state index contributed by atoms with van der Waals surface area (Å²) in [6.45, 7) is 3.06. The maximum Gasteiger partial charge on any atom is 0.410 e. The van der Waals surface area contributed by atoms with Crippen molar-refractivity contribution in [2.75, 3.05) is 18.5 Å². The van der Waals surface area contributed by atoms with Crippen molar-refractivity contribution in [1.82, 2.24) is 10.2 Å². The number of hydrogen-bond donors (Lipinski definition) is 2. The molecule has 0 bridgehead atoms. The zero-order chi connectivity index (χ0) is 22.9. The molecule has 3 aromatic rings. The number of ether oxygens (including phenoxy) is 2. The van der Waals surface area contributed by atoms with Crippen molar-refractivity contribution < 1.29 is 28.3 Å². The van der Waals surface area contributed by atoms with Crippen LogP contribution in [0.5, 0.6) is 5.75 Å². The smallest absolute Gasteiger partial charge is 0.410 e. The van der Waals surface area contributed by atoms with E-state index >= 15 is 0 Å². The first-order valence-corrected chi connectivity index (χ1v) is 11.3. The van der Waals surface area contributed by atoms with Crippen LogP contribution in [0.3, 0.4) is 0 Å². The van der Waals surface area contributed by atoms with Crippen LogP contribution in [0, 0.1) is 0 Å². The number of hydrogen-bond acceptors (Lipinski definition) is 8. The lowest BCUT2D eigenvalue weighted by Gasteiger charge is -2.28. The van der Waals surface area contributed by atoms with Crippen molar-refractivity contribution in [3.05, 3.63) is 70.0 Å². The fraction of sp³-hybridized carbons (Fsp3) is 0.261. The Kier molecular flexibility index (Phi) is 5.51. The lowest BCUT2D eigenvalue weighted by atomic mass is 10.0. The van der Waals surface area contributed by atoms with Gasteiger partial charge < -0.3 is 29.4 Å². The minimum atomic E-state index is -0.581. The van der Waals surface area contributed by atoms with Gasteiger partial charge in [0.25, 0.3) is 5.91 Å². The quantitative estimate of drug-likeness (QED) is 0.442. The predicted molar refractivity (Wildman–Crippen MR) is 119 cm³/mol. The van der Waals surface area contributed by atoms with Gasteiger partial charge in [-0.05, 0) is 48.7 Å². The number of fused-ring (bicyclic) bond motifs is 3. The third-order valence-electron chi connectivity index (χ3n) is 5.51. The first-order valence-electron chi connectivity index (χ1n) is 10.5. The molecule has 170 valence electrons. The van der Waals surface area contributed by atoms with Crippen molar-refractivity contribution in [3.63, 3.8) is 0 Å². The number of nitrogens with zero attached hydrogens (tertiary/aromatic N) is 1. The second-order valence-electron chi connectivity index (χ2n) is 7.57. The topological polar surface area (TPSA) is 110 Å². The van der Waals surface area contributed by atoms with Crippen molar-refractivity contribution in [2.45, 2.75) is 26.1 Å². The van der Waals surface area contributed by atoms with E-state index in [4.69, 9.17) is 13.9 Å². The fourth-order valence-corrected chi connectivity index (χ4v) is 5.22. The van der Waals surface area contributed by atoms with Gasteiger partial charge in [-0.15, -0.1) is 11.3 Å². The van der Waals surface area contributed by atoms with E-state index in [0.717, 1.165) is 21.0 Å². The van der Waals surface area contributed by atoms with Gasteiger partial charge in [-0.1, -0.05) is 12.1 Å². The Morgan fingerprint density at radius 3 is 2.76 bits per heavy atom. The number of carbonyl (C=O) groups excluding carboxylic acids is 3. The molecule has 0 aliphatic carbocycles. The highest BCUT2D eigenvalue weighted by molar-refractivity contribution is 7.16. The van der Waals surface area contributed by atoms with Crippen LogP contribution in [-0.2, 0) is 17.7 Å². The van der Waals surface area contributed by atoms with E-state index in [1.54, 1.807) is 42.2 Å². The molecule has 0 unspecified atom stereocenters. The molecule has 0 saturated carbocycles. The highest BCUT2D eigenvalue weighted by Gasteiger charge is 2.34. The largest absolute Gasteiger partial charge is 0.457 e. The normalized spacial score (nSPS) is 16.8. The van der Waals surface area contributed by atoms with Crippen LogP contribution in [0.1, 0.15) is 50.0 Å². The maximum atomic E-state index is 12.9. The Labute approximate surface area is 193 Å². The summed E-state index contributed by atoms with van der Waals surface area (Å²) in [4.78, 5) is 39.7. The Morgan fingerprint density at radius 2 is 2.03 bits per heavy atom. The molecule has 4 heterocycles. The summed E-state index contributed by atoms with van der Waals surface area (Å²) in [5.74, 6) is -0.240. The summed E-state index contributed by atoms with van der Waals surface area (Å²) >= 11 is 1.49. The molecule has 2 aromatic heterocycles. The van der Waals surface area contributed by atoms with Gasteiger partial charge in [0.1, 0.15) is 16.9 Å². The number of amides is 2. The third-order valence-corrected chi connectivity index (χ3v) is 6.66. The van der Waals surface area contributed by atoms with Gasteiger partial charge in [0.2, 0.25) is 5.76 Å². The molecule has 1 aromatic carbocycles. The van der Waals surface area contributed by atoms with Crippen LogP contribution < -0.4 is 15.4 Å². The fourth-order valence-electron chi connectivity index (χ4n) is 3.93. The molecule has 5 rings (SSSR count). The Balaban J connectivity index is 1.30. The Morgan fingerprint density at radius 1 is 1.21 bits per heavy atom. The first-order chi connectivity index (χ1) is 16.0. The van der Waals surface area contributed by atoms with Gasteiger partial charge in [0.05, 0.1) is 25.0 Å². The minimum absolute atomic E-state index is 0.121. The standard InChI is InChI=1S/C23H21N3O6S/c1-2-30-23(29)26-10-9-15-17(12-26)33-21-18(15)20(27)24-19(25-21)13-5-7-14(8-6-13)32-22(28)16-4-3-11-31-16/h3-8,11,19,25H,2,9-10,12H2,1H3,(H,24,27)/t19-/m0/s1. The van der Waals surface area contributed by atoms with Crippen LogP contribution in [0.2, 0.25) is 0 Å². The first kappa shape index (κ1) is 21.1. The van der Waals surface area contributed by atoms with E-state index in [2.05, 4.69) is 10.6 Å². The van der Waals surface area contributed by atoms with E-state index in [9.17, 15) is 14.4 Å². The number of esters is 1. The molecule has 10 heteroatoms. The highest BCUT2D eigenvalue weighted by atomic mass is 32.1. The maximum absolute atomic E-state index is 12.9. The molecule has 2 N–H and O–H groups in total. The number of furan rings is 1. The number of nitrogens with one attached hydrogen (secondary N) is 2. The number of benzene rings is 1. The SMILES string of the molecule is CCOC(=O)N1CCc2c(sc3c2C(=O)N[C@H](c2ccc(OC(=O)c4ccco4)cc2)N3)C1. The molecular weight excluding hydrogens is 446 g/mol. The Hall–Kier alpha value is -3.79. The molecule has 2 aliphatic heterocycles. The number of thiophene rings is 1. The summed E-state index contributed by atoms with van der Waals surface area (Å²) in [6.07, 6.45) is 1.25. The van der Waals surface area contributed by atoms with Crippen molar-refractivity contribution in [1.29, 1.82) is 0 Å². The Bertz CT molecular complexity index is 1200. The molecule has 2 amide bonds. The van der Waals surface area contributed by atoms with Gasteiger partial charge in [0, 0.05) is 11.4 Å². The molecular formula is C23H21N3O6S. The second-order valence-corrected chi connectivity index (χ2v) is 8.67. The van der Waals surface area contributed by atoms with E-state index in [1.807, 2.05) is 0 Å². The monoisotopic (exact) mass is 467 g/mol. The van der Waals surface area contributed by atoms with Crippen molar-refractivity contribution in [2.24, 2.45) is 0 Å². The van der Waals surface area contributed by atoms with Crippen LogP contribution in [-0.4, -0.2) is 36.0 Å². The van der Waals surface area contributed by atoms with Crippen LogP contribution in [0.25, 0.3) is 0 Å². The molecule has 0 radical (unpaired) electrons. The zero-order valence-corrected chi connectivity index (χ0v) is 18.6. The summed E-state index contributed by atoms with van der Waals surface area (Å²) < 4.78 is 15.4. The lowest BCUT2D eigenvalue weighted by molar-refractivity contribution is 0.0701. The number of carbonyl (C=O) groups is 3. The van der Waals surface area contributed by atoms with Gasteiger partial charge in [0.15, 0.2) is 0 Å². The van der Waals surface area contributed by atoms with Crippen LogP contribution in [0.15, 0.2) is 47.1 Å². The molecule has 2 aliphatic rings. The van der Waals surface area contributed by atoms with E-state index in [-0.39, 0.29) is 17.8 Å². The predicted octanol–water partition coefficient (Wildman–Crippen LogP) is 3.93. The van der Waals surface area contributed by atoms with Gasteiger partial charge in [-0.25, -0.2) is 9.59 Å². The summed E-state index contributed by atoms with van der Waals surface area (Å²) in [6, 6.07) is 10.0. The van der Waals surface area contributed by atoms with E-state index < -0.39 is 12.1 Å². The van der Waals surface area contributed by atoms with Crippen LogP contribution >= 0.6 is 11.3 Å². The van der Waals surface area contributed by atoms with Gasteiger partial charge in [-0.2, -0.15) is 0 Å². The van der Waals surface area contributed by atoms with Gasteiger partial charge >= 0.3 is 12.1 Å². The zero-order valence-electron chi connectivity index (χ0n) is 17.8. The average molecular weight is 468 g/mol. The highest BCUT2D eigenvalue weighted by Crippen LogP contribution is 2.41. The summed E-state index contributed by atoms with van der Waals surface area (Å²) in [5.41, 5.74) is 2.45. The average Bonchev–Trinajstić information content (AvgIpc) is 3.47. The van der Waals surface area contributed by atoms with Crippen molar-refractivity contribution >= 4 is 34.3 Å². The molecule has 0 saturated heterocycles. The van der Waals surface area contributed by atoms with Gasteiger partial charge in [-0.3, -0.25) is 4.79 Å². The number of rotatable bonds is 4. The lowest BCUT2D eigenvalue weighted by Crippen LogP contribution is -2.39. The van der Waals surface area contributed by atoms with E-state index in [0.29, 0.717) is 37.4 Å². The summed E-state index contributed by atoms with van der Waals surface area (Å²) in [5, 5.41) is 7.16. The van der Waals surface area contributed by atoms with Crippen molar-refractivity contribution in [3.8, 4) is 5.75 Å². The minimum Gasteiger partial charge on any atom is -0.457 e. The molecule has 0 spiro atoms. The second kappa shape index (κ2) is 8.62. The molecule has 33 heavy (non-hydrogen) atoms.